The highest BCUT2D eigenvalue weighted by Gasteiger charge is 2.38. The summed E-state index contributed by atoms with van der Waals surface area (Å²) in [5.74, 6) is -2.86. The van der Waals surface area contributed by atoms with Gasteiger partial charge in [0.1, 0.15) is 12.1 Å². The molecule has 1 aromatic rings. The number of amides is 2. The van der Waals surface area contributed by atoms with Gasteiger partial charge < -0.3 is 25.0 Å². The van der Waals surface area contributed by atoms with Crippen LogP contribution in [0.2, 0.25) is 0 Å². The number of likely N-dealkylation sites (N-methyl/N-ethyl adjacent to an activating group) is 1. The molecule has 1 aliphatic rings. The van der Waals surface area contributed by atoms with Gasteiger partial charge >= 0.3 is 24.0 Å². The summed E-state index contributed by atoms with van der Waals surface area (Å²) in [6, 6.07) is 4.47. The number of unbranched alkanes of at least 4 members (excludes halogenated alkanes) is 2. The average Bonchev–Trinajstić information content (AvgIpc) is 2.99. The zero-order chi connectivity index (χ0) is 33.4. The number of alkyl halides is 3. The fourth-order valence-corrected chi connectivity index (χ4v) is 5.18. The molecule has 15 heteroatoms. The Hall–Kier alpha value is -3.30. The second-order valence-corrected chi connectivity index (χ2v) is 11.2. The van der Waals surface area contributed by atoms with E-state index in [9.17, 15) is 32.3 Å². The van der Waals surface area contributed by atoms with Gasteiger partial charge in [-0.15, -0.1) is 0 Å². The fraction of sp³-hybridized carbons (Fsp3) is 0.700. The van der Waals surface area contributed by atoms with Crippen LogP contribution in [-0.2, 0) is 41.7 Å². The van der Waals surface area contributed by atoms with Crippen LogP contribution < -0.4 is 10.6 Å². The summed E-state index contributed by atoms with van der Waals surface area (Å²) < 4.78 is 47.7. The zero-order valence-electron chi connectivity index (χ0n) is 26.7. The van der Waals surface area contributed by atoms with Crippen molar-refractivity contribution in [2.24, 2.45) is 0 Å². The molecule has 1 aromatic heterocycles. The number of nitrogens with zero attached hydrogens (tertiary/aromatic N) is 4. The Balaban J connectivity index is 2.19. The van der Waals surface area contributed by atoms with Crippen LogP contribution >= 0.6 is 0 Å². The summed E-state index contributed by atoms with van der Waals surface area (Å²) in [6.07, 6.45) is -1.94. The molecule has 1 aliphatic heterocycles. The fourth-order valence-electron chi connectivity index (χ4n) is 5.18. The van der Waals surface area contributed by atoms with Gasteiger partial charge in [0, 0.05) is 59.3 Å². The van der Waals surface area contributed by atoms with Crippen LogP contribution in [0.15, 0.2) is 18.2 Å². The third kappa shape index (κ3) is 13.7. The maximum Gasteiger partial charge on any atom is 0.471 e. The first-order chi connectivity index (χ1) is 21.3. The maximum atomic E-state index is 12.9. The normalized spacial score (nSPS) is 16.9. The molecular formula is C30H47F3N6O6. The van der Waals surface area contributed by atoms with Gasteiger partial charge in [-0.3, -0.25) is 34.0 Å². The van der Waals surface area contributed by atoms with Crippen molar-refractivity contribution in [1.82, 2.24) is 30.3 Å². The summed E-state index contributed by atoms with van der Waals surface area (Å²) >= 11 is 0. The molecule has 0 saturated heterocycles. The van der Waals surface area contributed by atoms with Gasteiger partial charge in [0.05, 0.1) is 25.6 Å². The Kier molecular flexibility index (Phi) is 16.2. The lowest BCUT2D eigenvalue weighted by Gasteiger charge is -2.34. The lowest BCUT2D eigenvalue weighted by Crippen LogP contribution is -2.48. The second kappa shape index (κ2) is 19.3. The third-order valence-electron chi connectivity index (χ3n) is 7.69. The average molecular weight is 645 g/mol. The Bertz CT molecular complexity index is 1110. The van der Waals surface area contributed by atoms with Gasteiger partial charge in [0.15, 0.2) is 0 Å². The maximum absolute atomic E-state index is 12.9. The van der Waals surface area contributed by atoms with Crippen molar-refractivity contribution < 1.29 is 41.8 Å². The van der Waals surface area contributed by atoms with E-state index in [2.05, 4.69) is 15.1 Å². The number of rotatable bonds is 14. The Morgan fingerprint density at radius 3 is 1.71 bits per heavy atom. The monoisotopic (exact) mass is 644 g/mol. The van der Waals surface area contributed by atoms with E-state index in [0.29, 0.717) is 70.8 Å². The minimum Gasteiger partial charge on any atom is -0.468 e. The van der Waals surface area contributed by atoms with E-state index in [1.54, 1.807) is 0 Å². The molecule has 2 amide bonds. The molecule has 2 bridgehead atoms. The summed E-state index contributed by atoms with van der Waals surface area (Å²) in [5.41, 5.74) is 1.46. The van der Waals surface area contributed by atoms with Crippen molar-refractivity contribution >= 4 is 23.8 Å². The molecule has 12 nitrogen and oxygen atoms in total. The van der Waals surface area contributed by atoms with E-state index < -0.39 is 30.1 Å². The van der Waals surface area contributed by atoms with Crippen LogP contribution in [0, 0.1) is 0 Å². The van der Waals surface area contributed by atoms with E-state index >= 15 is 0 Å². The number of carbonyl (C=O) groups is 4. The van der Waals surface area contributed by atoms with E-state index in [4.69, 9.17) is 14.5 Å². The van der Waals surface area contributed by atoms with Crippen molar-refractivity contribution in [3.8, 4) is 0 Å². The van der Waals surface area contributed by atoms with Crippen molar-refractivity contribution in [2.45, 2.75) is 76.8 Å². The largest absolute Gasteiger partial charge is 0.471 e. The molecule has 0 radical (unpaired) electrons. The highest BCUT2D eigenvalue weighted by Crippen LogP contribution is 2.19. The minimum atomic E-state index is -4.94. The number of methoxy groups -OCH3 is 2. The Morgan fingerprint density at radius 1 is 0.822 bits per heavy atom. The Morgan fingerprint density at radius 2 is 1.29 bits per heavy atom. The van der Waals surface area contributed by atoms with E-state index in [0.717, 1.165) is 18.5 Å². The van der Waals surface area contributed by atoms with Gasteiger partial charge in [-0.25, -0.2) is 0 Å². The lowest BCUT2D eigenvalue weighted by atomic mass is 10.1. The van der Waals surface area contributed by atoms with Crippen LogP contribution in [0.1, 0.15) is 56.8 Å². The molecular weight excluding hydrogens is 597 g/mol. The third-order valence-corrected chi connectivity index (χ3v) is 7.69. The summed E-state index contributed by atoms with van der Waals surface area (Å²) in [7, 11) is 4.63. The number of nitrogens with one attached hydrogen (secondary N) is 2. The van der Waals surface area contributed by atoms with Crippen LogP contribution in [0.25, 0.3) is 0 Å². The predicted molar refractivity (Wildman–Crippen MR) is 160 cm³/mol. The number of ether oxygens (including phenoxy) is 2. The number of hydrogen-bond acceptors (Lipinski definition) is 10. The highest BCUT2D eigenvalue weighted by atomic mass is 19.4. The van der Waals surface area contributed by atoms with Crippen molar-refractivity contribution in [3.63, 3.8) is 0 Å². The predicted octanol–water partition coefficient (Wildman–Crippen LogP) is 1.87. The number of hydrogen-bond donors (Lipinski definition) is 2. The number of pyridine rings is 1. The van der Waals surface area contributed by atoms with Crippen LogP contribution in [-0.4, -0.2) is 122 Å². The molecule has 0 fully saturated rings. The topological polar surface area (TPSA) is 133 Å². The number of carbonyl (C=O) groups excluding carboxylic acids is 4. The number of fused-ring (bicyclic) bond motifs is 2. The minimum absolute atomic E-state index is 0.0945. The molecule has 2 rings (SSSR count). The van der Waals surface area contributed by atoms with Gasteiger partial charge in [0.2, 0.25) is 5.91 Å². The molecule has 2 atom stereocenters. The number of aromatic nitrogens is 1. The second-order valence-electron chi connectivity index (χ2n) is 11.2. The van der Waals surface area contributed by atoms with Crippen LogP contribution in [0.3, 0.4) is 0 Å². The molecule has 45 heavy (non-hydrogen) atoms. The Labute approximate surface area is 263 Å². The van der Waals surface area contributed by atoms with Gasteiger partial charge in [0.25, 0.3) is 0 Å². The first kappa shape index (κ1) is 37.9. The summed E-state index contributed by atoms with van der Waals surface area (Å²) in [5, 5.41) is 4.64. The lowest BCUT2D eigenvalue weighted by molar-refractivity contribution is -0.173. The highest BCUT2D eigenvalue weighted by molar-refractivity contribution is 5.81. The molecule has 0 spiro atoms. The SMILES string of the molecule is COC(=O)C(CCCCNC(C)=O)N1CCN(C)CCN(C(CCCCNC(=O)C(F)(F)F)C(=O)OC)Cc2cccc(n2)C1. The number of esters is 2. The molecule has 2 heterocycles. The zero-order valence-corrected chi connectivity index (χ0v) is 26.7. The van der Waals surface area contributed by atoms with E-state index in [-0.39, 0.29) is 24.8 Å². The van der Waals surface area contributed by atoms with Crippen LogP contribution in [0.4, 0.5) is 13.2 Å². The molecule has 0 aliphatic carbocycles. The quantitative estimate of drug-likeness (QED) is 0.229. The summed E-state index contributed by atoms with van der Waals surface area (Å²) in [4.78, 5) is 59.0. The molecule has 0 saturated carbocycles. The number of halogens is 3. The molecule has 0 aromatic carbocycles. The standard InChI is InChI=1S/C30H47F3N6O6/c1-22(40)34-14-7-5-12-25(27(41)44-3)38-18-16-37(2)17-19-39(21-24-11-9-10-23(20-38)36-24)26(28(42)45-4)13-6-8-15-35-29(43)30(31,32)33/h9-11,25-26H,5-8,12-21H2,1-4H3,(H,34,40)(H,35,43). The molecule has 2 N–H and O–H groups in total. The molecule has 254 valence electrons. The van der Waals surface area contributed by atoms with Gasteiger partial charge in [-0.1, -0.05) is 6.07 Å². The van der Waals surface area contributed by atoms with Crippen LogP contribution in [0.5, 0.6) is 0 Å². The first-order valence-corrected chi connectivity index (χ1v) is 15.2. The summed E-state index contributed by atoms with van der Waals surface area (Å²) in [6.45, 7) is 4.82. The van der Waals surface area contributed by atoms with Crippen molar-refractivity contribution in [1.29, 1.82) is 0 Å². The van der Waals surface area contributed by atoms with Gasteiger partial charge in [-0.05, 0) is 57.7 Å². The first-order valence-electron chi connectivity index (χ1n) is 15.2. The molecule has 2 unspecified atom stereocenters. The van der Waals surface area contributed by atoms with Crippen molar-refractivity contribution in [2.75, 3.05) is 60.5 Å². The van der Waals surface area contributed by atoms with Gasteiger partial charge in [-0.2, -0.15) is 13.2 Å². The smallest absolute Gasteiger partial charge is 0.468 e. The van der Waals surface area contributed by atoms with E-state index in [1.807, 2.05) is 35.5 Å². The van der Waals surface area contributed by atoms with Crippen molar-refractivity contribution in [3.05, 3.63) is 29.6 Å². The van der Waals surface area contributed by atoms with E-state index in [1.165, 1.54) is 21.1 Å².